The van der Waals surface area contributed by atoms with Gasteiger partial charge in [0, 0.05) is 6.42 Å². The Morgan fingerprint density at radius 2 is 0.713 bits per heavy atom. The van der Waals surface area contributed by atoms with E-state index in [1.54, 1.807) is 0 Å². The van der Waals surface area contributed by atoms with Crippen molar-refractivity contribution in [1.29, 1.82) is 0 Å². The second-order valence-electron chi connectivity index (χ2n) is 25.0. The summed E-state index contributed by atoms with van der Waals surface area (Å²) in [4.78, 5) is 13.2. The van der Waals surface area contributed by atoms with Crippen LogP contribution in [0.25, 0.3) is 0 Å². The van der Waals surface area contributed by atoms with Crippen LogP contribution in [0, 0.1) is 0 Å². The summed E-state index contributed by atoms with van der Waals surface area (Å²) in [6.45, 7) is 3.75. The van der Waals surface area contributed by atoms with Crippen LogP contribution in [0.3, 0.4) is 0 Å². The Morgan fingerprint density at radius 1 is 0.402 bits per heavy atom. The molecule has 0 aromatic rings. The zero-order chi connectivity index (χ0) is 62.8. The Balaban J connectivity index is 2.13. The first kappa shape index (κ1) is 81.9. The number of hydrogen-bond donors (Lipinski definition) is 6. The van der Waals surface area contributed by atoms with Gasteiger partial charge in [-0.1, -0.05) is 342 Å². The van der Waals surface area contributed by atoms with Crippen molar-refractivity contribution in [1.82, 2.24) is 5.32 Å². The second-order valence-corrected chi connectivity index (χ2v) is 25.0. The largest absolute Gasteiger partial charge is 0.394 e. The van der Waals surface area contributed by atoms with E-state index in [1.807, 2.05) is 0 Å². The van der Waals surface area contributed by atoms with Gasteiger partial charge in [-0.3, -0.25) is 4.79 Å². The average Bonchev–Trinajstić information content (AvgIpc) is 3.37. The van der Waals surface area contributed by atoms with Crippen LogP contribution in [0.1, 0.15) is 322 Å². The minimum absolute atomic E-state index is 0.144. The predicted molar refractivity (Wildman–Crippen MR) is 373 cm³/mol. The lowest BCUT2D eigenvalue weighted by Crippen LogP contribution is -2.60. The highest BCUT2D eigenvalue weighted by molar-refractivity contribution is 5.76. The van der Waals surface area contributed by atoms with Crippen molar-refractivity contribution in [3.63, 3.8) is 0 Å². The molecule has 87 heavy (non-hydrogen) atoms. The Kier molecular flexibility index (Phi) is 61.9. The van der Waals surface area contributed by atoms with Gasteiger partial charge in [0.2, 0.25) is 5.91 Å². The number of carbonyl (C=O) groups excluding carboxylic acids is 1. The van der Waals surface area contributed by atoms with E-state index in [-0.39, 0.29) is 12.5 Å². The molecule has 0 aliphatic carbocycles. The maximum Gasteiger partial charge on any atom is 0.220 e. The van der Waals surface area contributed by atoms with Gasteiger partial charge in [-0.05, 0) is 83.5 Å². The topological polar surface area (TPSA) is 149 Å². The fraction of sp³-hybridized carbons (Fsp3) is 0.756. The number of unbranched alkanes of at least 4 members (excludes halogenated alkanes) is 35. The van der Waals surface area contributed by atoms with Crippen LogP contribution in [-0.4, -0.2) is 87.5 Å². The number of ether oxygens (including phenoxy) is 2. The number of rotatable bonds is 63. The summed E-state index contributed by atoms with van der Waals surface area (Å²) in [5.41, 5.74) is 0. The Labute approximate surface area is 536 Å². The van der Waals surface area contributed by atoms with E-state index < -0.39 is 49.5 Å². The lowest BCUT2D eigenvalue weighted by atomic mass is 9.99. The van der Waals surface area contributed by atoms with Gasteiger partial charge in [-0.25, -0.2) is 0 Å². The van der Waals surface area contributed by atoms with E-state index >= 15 is 0 Å². The fourth-order valence-corrected chi connectivity index (χ4v) is 11.2. The summed E-state index contributed by atoms with van der Waals surface area (Å²) in [5.74, 6) is -0.151. The average molecular weight is 1220 g/mol. The highest BCUT2D eigenvalue weighted by Crippen LogP contribution is 2.24. The van der Waals surface area contributed by atoms with Crippen molar-refractivity contribution in [3.05, 3.63) is 109 Å². The molecule has 9 nitrogen and oxygen atoms in total. The Morgan fingerprint density at radius 3 is 1.06 bits per heavy atom. The van der Waals surface area contributed by atoms with Gasteiger partial charge in [0.15, 0.2) is 6.29 Å². The zero-order valence-electron chi connectivity index (χ0n) is 56.2. The maximum atomic E-state index is 13.2. The summed E-state index contributed by atoms with van der Waals surface area (Å²) < 4.78 is 11.4. The minimum atomic E-state index is -1.56. The van der Waals surface area contributed by atoms with Crippen molar-refractivity contribution < 1.29 is 39.8 Å². The first-order valence-electron chi connectivity index (χ1n) is 36.6. The molecule has 0 bridgehead atoms. The van der Waals surface area contributed by atoms with E-state index in [0.717, 1.165) is 103 Å². The van der Waals surface area contributed by atoms with E-state index in [2.05, 4.69) is 129 Å². The molecule has 1 saturated heterocycles. The molecule has 0 radical (unpaired) electrons. The van der Waals surface area contributed by atoms with Crippen LogP contribution < -0.4 is 5.32 Å². The molecule has 1 aliphatic heterocycles. The van der Waals surface area contributed by atoms with E-state index in [0.29, 0.717) is 12.8 Å². The van der Waals surface area contributed by atoms with Crippen LogP contribution in [0.5, 0.6) is 0 Å². The lowest BCUT2D eigenvalue weighted by molar-refractivity contribution is -0.302. The third-order valence-electron chi connectivity index (χ3n) is 16.9. The van der Waals surface area contributed by atoms with Crippen LogP contribution in [0.2, 0.25) is 0 Å². The van der Waals surface area contributed by atoms with Crippen LogP contribution in [-0.2, 0) is 14.3 Å². The molecular formula is C78H137NO8. The van der Waals surface area contributed by atoms with Crippen molar-refractivity contribution in [2.24, 2.45) is 0 Å². The van der Waals surface area contributed by atoms with Gasteiger partial charge in [0.25, 0.3) is 0 Å². The normalized spacial score (nSPS) is 18.6. The Hall–Kier alpha value is -3.15. The third kappa shape index (κ3) is 54.3. The maximum absolute atomic E-state index is 13.2. The van der Waals surface area contributed by atoms with E-state index in [4.69, 9.17) is 9.47 Å². The number of aliphatic hydroxyl groups excluding tert-OH is 5. The lowest BCUT2D eigenvalue weighted by Gasteiger charge is -2.40. The number of amides is 1. The summed E-state index contributed by atoms with van der Waals surface area (Å²) >= 11 is 0. The van der Waals surface area contributed by atoms with Gasteiger partial charge < -0.3 is 40.3 Å². The molecule has 502 valence electrons. The molecule has 1 heterocycles. The van der Waals surface area contributed by atoms with Crippen molar-refractivity contribution in [2.75, 3.05) is 13.2 Å². The summed E-state index contributed by atoms with van der Waals surface area (Å²) in [7, 11) is 0. The minimum Gasteiger partial charge on any atom is -0.394 e. The number of carbonyl (C=O) groups is 1. The van der Waals surface area contributed by atoms with E-state index in [9.17, 15) is 30.3 Å². The molecule has 6 N–H and O–H groups in total. The first-order chi connectivity index (χ1) is 42.8. The second kappa shape index (κ2) is 65.8. The van der Waals surface area contributed by atoms with Gasteiger partial charge in [0.05, 0.1) is 25.4 Å². The fourth-order valence-electron chi connectivity index (χ4n) is 11.2. The highest BCUT2D eigenvalue weighted by Gasteiger charge is 2.44. The molecule has 1 amide bonds. The quantitative estimate of drug-likeness (QED) is 0.0261. The van der Waals surface area contributed by atoms with Gasteiger partial charge in [-0.15, -0.1) is 0 Å². The van der Waals surface area contributed by atoms with Crippen molar-refractivity contribution in [3.8, 4) is 0 Å². The van der Waals surface area contributed by atoms with Crippen LogP contribution in [0.4, 0.5) is 0 Å². The van der Waals surface area contributed by atoms with Crippen LogP contribution >= 0.6 is 0 Å². The monoisotopic (exact) mass is 1220 g/mol. The standard InChI is InChI=1S/C78H137NO8/c1-3-5-7-9-11-13-15-17-19-21-23-25-27-29-31-32-33-34-35-36-37-38-39-40-42-44-46-48-50-52-54-56-58-60-62-64-66-68-74(82)79-71(70-86-78-77(85)76(84)75(83)73(69-80)87-78)72(81)67-65-63-61-59-57-55-53-51-49-47-45-43-41-30-28-26-24-22-20-18-16-14-12-10-8-6-4-2/h5,7,11,13,17,19,23,25,29,31,33-34,36-37,39-40,44,46,71-73,75-78,80-81,83-85H,3-4,6,8-10,12,14-16,18,20-22,24,26-28,30,32,35,38,41-43,45,47-70H2,1-2H3,(H,79,82)/b7-5-,13-11-,19-17-,25-23-,31-29-,34-33-,37-36-,40-39-,46-44-. The van der Waals surface area contributed by atoms with Crippen molar-refractivity contribution in [2.45, 2.75) is 365 Å². The summed E-state index contributed by atoms with van der Waals surface area (Å²) in [5, 5.41) is 55.0. The molecule has 0 aromatic carbocycles. The van der Waals surface area contributed by atoms with E-state index in [1.165, 1.54) is 193 Å². The van der Waals surface area contributed by atoms with Gasteiger partial charge in [0.1, 0.15) is 24.4 Å². The molecule has 1 aliphatic rings. The van der Waals surface area contributed by atoms with Crippen LogP contribution in [0.15, 0.2) is 109 Å². The number of allylic oxidation sites excluding steroid dienone is 18. The third-order valence-corrected chi connectivity index (χ3v) is 16.9. The number of nitrogens with one attached hydrogen (secondary N) is 1. The van der Waals surface area contributed by atoms with Gasteiger partial charge >= 0.3 is 0 Å². The molecule has 9 heteroatoms. The molecule has 7 unspecified atom stereocenters. The molecule has 0 aromatic heterocycles. The molecule has 7 atom stereocenters. The predicted octanol–water partition coefficient (Wildman–Crippen LogP) is 20.4. The summed E-state index contributed by atoms with van der Waals surface area (Å²) in [6.07, 6.45) is 90.1. The summed E-state index contributed by atoms with van der Waals surface area (Å²) in [6, 6.07) is -0.732. The SMILES string of the molecule is CC/C=C\C/C=C\C/C=C\C/C=C\C/C=C\C/C=C\C/C=C\C/C=C\C/C=C\CCCCCCCCCCCC(=O)NC(COC1OC(CO)C(O)C(O)C1O)C(O)CCCCCCCCCCCCCCCCCCCCCCCCCCCCC. The zero-order valence-corrected chi connectivity index (χ0v) is 56.2. The van der Waals surface area contributed by atoms with Gasteiger partial charge in [-0.2, -0.15) is 0 Å². The van der Waals surface area contributed by atoms with Crippen molar-refractivity contribution >= 4 is 5.91 Å². The molecule has 1 rings (SSSR count). The molecule has 0 saturated carbocycles. The highest BCUT2D eigenvalue weighted by atomic mass is 16.7. The molecular weight excluding hydrogens is 1080 g/mol. The first-order valence-corrected chi connectivity index (χ1v) is 36.6. The Bertz CT molecular complexity index is 1750. The smallest absolute Gasteiger partial charge is 0.220 e. The molecule has 1 fully saturated rings. The number of aliphatic hydroxyl groups is 5. The number of hydrogen-bond acceptors (Lipinski definition) is 8. The molecule has 0 spiro atoms.